The third-order valence-corrected chi connectivity index (χ3v) is 4.68. The molecule has 0 saturated carbocycles. The molecule has 0 radical (unpaired) electrons. The van der Waals surface area contributed by atoms with Crippen LogP contribution >= 0.6 is 0 Å². The van der Waals surface area contributed by atoms with Gasteiger partial charge in [-0.1, -0.05) is 54.6 Å². The summed E-state index contributed by atoms with van der Waals surface area (Å²) in [6.07, 6.45) is 0.736. The predicted molar refractivity (Wildman–Crippen MR) is 127 cm³/mol. The molecular weight excluding hydrogens is 422 g/mol. The first-order valence-corrected chi connectivity index (χ1v) is 10.2. The van der Waals surface area contributed by atoms with Crippen LogP contribution in [0.2, 0.25) is 0 Å². The minimum Gasteiger partial charge on any atom is -0.480 e. The summed E-state index contributed by atoms with van der Waals surface area (Å²) in [5.74, 6) is -2.04. The number of aliphatic carboxylic acids is 1. The number of carboxylic acid groups (broad SMARTS) is 1. The van der Waals surface area contributed by atoms with Crippen LogP contribution in [0.15, 0.2) is 72.8 Å². The second-order valence-corrected chi connectivity index (χ2v) is 7.10. The van der Waals surface area contributed by atoms with Crippen LogP contribution in [-0.2, 0) is 4.79 Å². The number of nitrogens with one attached hydrogen (secondary N) is 3. The van der Waals surface area contributed by atoms with Crippen LogP contribution in [0, 0.1) is 5.41 Å². The Kier molecular flexibility index (Phi) is 9.38. The molecule has 1 unspecified atom stereocenters. The van der Waals surface area contributed by atoms with Gasteiger partial charge < -0.3 is 27.2 Å². The van der Waals surface area contributed by atoms with Crippen LogP contribution in [0.1, 0.15) is 33.6 Å². The van der Waals surface area contributed by atoms with Gasteiger partial charge in [0.25, 0.3) is 5.91 Å². The van der Waals surface area contributed by atoms with E-state index in [9.17, 15) is 14.4 Å². The van der Waals surface area contributed by atoms with Crippen molar-refractivity contribution in [2.75, 3.05) is 6.54 Å². The van der Waals surface area contributed by atoms with Crippen LogP contribution in [-0.4, -0.2) is 41.4 Å². The number of carbonyl (C=O) groups excluding carboxylic acids is 2. The van der Waals surface area contributed by atoms with E-state index in [1.165, 1.54) is 0 Å². The monoisotopic (exact) mass is 449 g/mol. The average molecular weight is 450 g/mol. The minimum atomic E-state index is -1.09. The number of amides is 2. The summed E-state index contributed by atoms with van der Waals surface area (Å²) in [7, 11) is 0. The predicted octanol–water partition coefficient (Wildman–Crippen LogP) is 2.07. The molecule has 2 amide bonds. The summed E-state index contributed by atoms with van der Waals surface area (Å²) in [4.78, 5) is 34.0. The number of carboxylic acids is 1. The van der Waals surface area contributed by atoms with Crippen LogP contribution in [0.4, 0.5) is 0 Å². The first-order chi connectivity index (χ1) is 15.8. The zero-order valence-corrected chi connectivity index (χ0v) is 18.0. The first-order valence-electron chi connectivity index (χ1n) is 10.2. The van der Waals surface area contributed by atoms with E-state index in [1.54, 1.807) is 36.4 Å². The Bertz CT molecular complexity index is 1110. The van der Waals surface area contributed by atoms with E-state index >= 15 is 0 Å². The third kappa shape index (κ3) is 7.98. The highest BCUT2D eigenvalue weighted by atomic mass is 16.4. The van der Waals surface area contributed by atoms with Gasteiger partial charge in [-0.15, -0.1) is 0 Å². The van der Waals surface area contributed by atoms with E-state index < -0.39 is 17.9 Å². The van der Waals surface area contributed by atoms with Gasteiger partial charge >= 0.3 is 5.97 Å². The Labute approximate surface area is 191 Å². The molecule has 0 aliphatic rings. The van der Waals surface area contributed by atoms with Crippen molar-refractivity contribution in [1.82, 2.24) is 10.6 Å². The number of rotatable bonds is 8. The lowest BCUT2D eigenvalue weighted by molar-refractivity contribution is -0.139. The van der Waals surface area contributed by atoms with Crippen molar-refractivity contribution >= 4 is 34.5 Å². The topological polar surface area (TPSA) is 171 Å². The number of primary amides is 1. The van der Waals surface area contributed by atoms with E-state index in [2.05, 4.69) is 10.6 Å². The number of fused-ring (bicyclic) bond motifs is 1. The summed E-state index contributed by atoms with van der Waals surface area (Å²) in [5.41, 5.74) is 11.4. The molecule has 172 valence electrons. The van der Waals surface area contributed by atoms with Gasteiger partial charge in [-0.2, -0.15) is 0 Å². The molecule has 8 N–H and O–H groups in total. The summed E-state index contributed by atoms with van der Waals surface area (Å²) in [6, 6.07) is 20.7. The molecule has 0 spiro atoms. The number of nitrogens with two attached hydrogens (primary N) is 2. The number of guanidine groups is 1. The number of hydrogen-bond acceptors (Lipinski definition) is 4. The molecule has 3 rings (SSSR count). The average Bonchev–Trinajstić information content (AvgIpc) is 2.81. The second kappa shape index (κ2) is 12.5. The van der Waals surface area contributed by atoms with Crippen LogP contribution in [0.3, 0.4) is 0 Å². The molecule has 0 aliphatic carbocycles. The fraction of sp³-hybridized carbons (Fsp3) is 0.167. The van der Waals surface area contributed by atoms with Crippen LogP contribution in [0.25, 0.3) is 10.8 Å². The van der Waals surface area contributed by atoms with E-state index in [1.807, 2.05) is 36.4 Å². The maximum atomic E-state index is 11.9. The van der Waals surface area contributed by atoms with Crippen molar-refractivity contribution in [2.45, 2.75) is 18.9 Å². The van der Waals surface area contributed by atoms with Gasteiger partial charge in [0, 0.05) is 17.7 Å². The molecular formula is C24H27N5O4. The van der Waals surface area contributed by atoms with E-state index in [0.717, 1.165) is 10.8 Å². The molecule has 0 aliphatic heterocycles. The standard InChI is InChI=1S/C13H18N4O3.C11H9NO/c14-13(15)16-8-4-7-10(12(19)20)17-11(18)9-5-2-1-3-6-9;12-11(13)10-7-3-5-8-4-1-2-6-9(8)10/h1-3,5-6,10H,4,7-8H2,(H,17,18)(H,19,20)(H4,14,15,16);1-7H,(H2,12,13). The Morgan fingerprint density at radius 1 is 0.909 bits per heavy atom. The highest BCUT2D eigenvalue weighted by Crippen LogP contribution is 2.17. The van der Waals surface area contributed by atoms with Crippen LogP contribution < -0.4 is 22.1 Å². The zero-order valence-electron chi connectivity index (χ0n) is 18.0. The number of benzene rings is 3. The normalized spacial score (nSPS) is 10.9. The van der Waals surface area contributed by atoms with Gasteiger partial charge in [-0.05, 0) is 41.8 Å². The fourth-order valence-corrected chi connectivity index (χ4v) is 3.06. The SMILES string of the molecule is N=C(N)NCCCC(NC(=O)c1ccccc1)C(=O)O.NC(=O)c1cccc2ccccc12. The molecule has 3 aromatic carbocycles. The van der Waals surface area contributed by atoms with Gasteiger partial charge in [0.1, 0.15) is 6.04 Å². The molecule has 0 bridgehead atoms. The lowest BCUT2D eigenvalue weighted by atomic mass is 10.0. The Balaban J connectivity index is 0.000000254. The molecule has 1 atom stereocenters. The molecule has 9 nitrogen and oxygen atoms in total. The highest BCUT2D eigenvalue weighted by Gasteiger charge is 2.20. The Hall–Kier alpha value is -4.40. The van der Waals surface area contributed by atoms with Crippen molar-refractivity contribution in [2.24, 2.45) is 11.5 Å². The zero-order chi connectivity index (χ0) is 24.2. The lowest BCUT2D eigenvalue weighted by Gasteiger charge is -2.14. The molecule has 0 heterocycles. The van der Waals surface area contributed by atoms with Crippen LogP contribution in [0.5, 0.6) is 0 Å². The largest absolute Gasteiger partial charge is 0.480 e. The molecule has 3 aromatic rings. The van der Waals surface area contributed by atoms with Gasteiger partial charge in [-0.3, -0.25) is 15.0 Å². The highest BCUT2D eigenvalue weighted by molar-refractivity contribution is 6.06. The van der Waals surface area contributed by atoms with Gasteiger partial charge in [-0.25, -0.2) is 4.79 Å². The van der Waals surface area contributed by atoms with Crippen molar-refractivity contribution < 1.29 is 19.5 Å². The number of carbonyl (C=O) groups is 3. The van der Waals surface area contributed by atoms with Crippen molar-refractivity contribution in [3.8, 4) is 0 Å². The Morgan fingerprint density at radius 3 is 2.18 bits per heavy atom. The van der Waals surface area contributed by atoms with E-state index in [4.69, 9.17) is 22.0 Å². The van der Waals surface area contributed by atoms with Gasteiger partial charge in [0.2, 0.25) is 5.91 Å². The maximum absolute atomic E-state index is 11.9. The smallest absolute Gasteiger partial charge is 0.326 e. The minimum absolute atomic E-state index is 0.162. The van der Waals surface area contributed by atoms with Gasteiger partial charge in [0.15, 0.2) is 5.96 Å². The summed E-state index contributed by atoms with van der Waals surface area (Å²) < 4.78 is 0. The van der Waals surface area contributed by atoms with Crippen molar-refractivity contribution in [3.63, 3.8) is 0 Å². The first kappa shape index (κ1) is 24.9. The molecule has 0 saturated heterocycles. The summed E-state index contributed by atoms with van der Waals surface area (Å²) >= 11 is 0. The second-order valence-electron chi connectivity index (χ2n) is 7.10. The summed E-state index contributed by atoms with van der Waals surface area (Å²) in [5, 5.41) is 23.1. The maximum Gasteiger partial charge on any atom is 0.326 e. The molecule has 9 heteroatoms. The molecule has 33 heavy (non-hydrogen) atoms. The lowest BCUT2D eigenvalue weighted by Crippen LogP contribution is -2.41. The molecule has 0 fully saturated rings. The fourth-order valence-electron chi connectivity index (χ4n) is 3.06. The third-order valence-electron chi connectivity index (χ3n) is 4.68. The summed E-state index contributed by atoms with van der Waals surface area (Å²) in [6.45, 7) is 0.389. The van der Waals surface area contributed by atoms with E-state index in [0.29, 0.717) is 24.1 Å². The van der Waals surface area contributed by atoms with Crippen molar-refractivity contribution in [1.29, 1.82) is 5.41 Å². The van der Waals surface area contributed by atoms with E-state index in [-0.39, 0.29) is 18.3 Å². The van der Waals surface area contributed by atoms with Gasteiger partial charge in [0.05, 0.1) is 0 Å². The number of hydrogen-bond donors (Lipinski definition) is 6. The van der Waals surface area contributed by atoms with Crippen molar-refractivity contribution in [3.05, 3.63) is 83.9 Å². The quantitative estimate of drug-likeness (QED) is 0.174. The Morgan fingerprint density at radius 2 is 1.55 bits per heavy atom. The molecule has 0 aromatic heterocycles.